The van der Waals surface area contributed by atoms with Crippen LogP contribution in [0.15, 0.2) is 17.7 Å². The zero-order chi connectivity index (χ0) is 24.8. The molecule has 1 atom stereocenters. The Morgan fingerprint density at radius 3 is 2.53 bits per heavy atom. The molecule has 1 aromatic carbocycles. The van der Waals surface area contributed by atoms with Crippen LogP contribution >= 0.6 is 23.2 Å². The Morgan fingerprint density at radius 2 is 1.91 bits per heavy atom. The number of rotatable bonds is 4. The molecule has 34 heavy (non-hydrogen) atoms. The number of aromatic nitrogens is 2. The first kappa shape index (κ1) is 25.1. The molecule has 1 fully saturated rings. The van der Waals surface area contributed by atoms with Gasteiger partial charge < -0.3 is 14.6 Å². The van der Waals surface area contributed by atoms with Crippen LogP contribution in [0.1, 0.15) is 65.2 Å². The van der Waals surface area contributed by atoms with Gasteiger partial charge in [0, 0.05) is 49.7 Å². The molecular formula is C24H26Cl2F3N3O2. The summed E-state index contributed by atoms with van der Waals surface area (Å²) >= 11 is 13.1. The molecule has 2 aliphatic rings. The lowest BCUT2D eigenvalue weighted by molar-refractivity contribution is -0.0937. The minimum atomic E-state index is -4.39. The zero-order valence-electron chi connectivity index (χ0n) is 18.9. The molecule has 5 nitrogen and oxygen atoms in total. The number of halogens is 5. The van der Waals surface area contributed by atoms with Crippen molar-refractivity contribution in [1.82, 2.24) is 14.5 Å². The molecule has 1 N–H and O–H groups in total. The number of aliphatic hydroxyl groups excluding tert-OH is 1. The second-order valence-corrected chi connectivity index (χ2v) is 9.90. The summed E-state index contributed by atoms with van der Waals surface area (Å²) in [5.74, 6) is 0.139. The van der Waals surface area contributed by atoms with E-state index < -0.39 is 11.7 Å². The lowest BCUT2D eigenvalue weighted by Crippen LogP contribution is -2.39. The van der Waals surface area contributed by atoms with Crippen LogP contribution in [0.25, 0.3) is 6.08 Å². The van der Waals surface area contributed by atoms with Gasteiger partial charge in [0.1, 0.15) is 5.82 Å². The summed E-state index contributed by atoms with van der Waals surface area (Å²) in [5.41, 5.74) is 1.30. The second-order valence-electron chi connectivity index (χ2n) is 9.11. The van der Waals surface area contributed by atoms with Gasteiger partial charge >= 0.3 is 6.18 Å². The predicted molar refractivity (Wildman–Crippen MR) is 125 cm³/mol. The Bertz CT molecular complexity index is 1140. The summed E-state index contributed by atoms with van der Waals surface area (Å²) in [5, 5.41) is 9.92. The molecule has 1 amide bonds. The van der Waals surface area contributed by atoms with Crippen molar-refractivity contribution in [1.29, 1.82) is 0 Å². The summed E-state index contributed by atoms with van der Waals surface area (Å²) in [6, 6.07) is 3.21. The number of imidazole rings is 1. The van der Waals surface area contributed by atoms with Gasteiger partial charge in [0.2, 0.25) is 0 Å². The lowest BCUT2D eigenvalue weighted by atomic mass is 9.90. The first-order valence-corrected chi connectivity index (χ1v) is 12.0. The molecular weight excluding hydrogens is 490 g/mol. The van der Waals surface area contributed by atoms with E-state index in [9.17, 15) is 23.1 Å². The number of likely N-dealkylation sites (tertiary alicyclic amines) is 1. The van der Waals surface area contributed by atoms with Crippen LogP contribution in [-0.4, -0.2) is 51.3 Å². The topological polar surface area (TPSA) is 58.4 Å². The van der Waals surface area contributed by atoms with E-state index in [1.54, 1.807) is 35.6 Å². The molecule has 10 heteroatoms. The number of fused-ring (bicyclic) bond motifs is 1. The van der Waals surface area contributed by atoms with E-state index in [4.69, 9.17) is 23.2 Å². The molecule has 1 aliphatic carbocycles. The van der Waals surface area contributed by atoms with Gasteiger partial charge in [-0.25, -0.2) is 4.98 Å². The summed E-state index contributed by atoms with van der Waals surface area (Å²) in [6.45, 7) is 2.92. The number of amides is 1. The first-order chi connectivity index (χ1) is 16.0. The van der Waals surface area contributed by atoms with Crippen LogP contribution in [0.2, 0.25) is 10.0 Å². The summed E-state index contributed by atoms with van der Waals surface area (Å²) in [7, 11) is 1.67. The third kappa shape index (κ3) is 4.72. The minimum Gasteiger partial charge on any atom is -0.396 e. The quantitative estimate of drug-likeness (QED) is 0.575. The van der Waals surface area contributed by atoms with Gasteiger partial charge in [0.15, 0.2) is 0 Å². The van der Waals surface area contributed by atoms with E-state index in [-0.39, 0.29) is 42.2 Å². The molecule has 184 valence electrons. The molecule has 4 rings (SSSR count). The number of nitrogens with zero attached hydrogens (tertiary/aromatic N) is 3. The normalized spacial score (nSPS) is 19.2. The fourth-order valence-corrected chi connectivity index (χ4v) is 5.28. The number of piperidine rings is 1. The number of carbonyl (C=O) groups excluding carboxylic acids is 1. The van der Waals surface area contributed by atoms with Crippen molar-refractivity contribution in [2.45, 2.75) is 44.7 Å². The SMILES string of the molecule is CC1CC(C(F)(F)F)=Cc2c1nc(Cc1c(Cl)ccc(C(=O)N3CCC(CO)CC3)c1Cl)n2C. The van der Waals surface area contributed by atoms with E-state index in [0.29, 0.717) is 46.5 Å². The Labute approximate surface area is 206 Å². The van der Waals surface area contributed by atoms with Gasteiger partial charge in [0.05, 0.1) is 22.0 Å². The molecule has 2 aromatic rings. The molecule has 0 saturated carbocycles. The van der Waals surface area contributed by atoms with Crippen LogP contribution in [0.5, 0.6) is 0 Å². The lowest BCUT2D eigenvalue weighted by Gasteiger charge is -2.31. The predicted octanol–water partition coefficient (Wildman–Crippen LogP) is 5.62. The van der Waals surface area contributed by atoms with Crippen molar-refractivity contribution in [2.24, 2.45) is 13.0 Å². The highest BCUT2D eigenvalue weighted by Crippen LogP contribution is 2.41. The van der Waals surface area contributed by atoms with Crippen molar-refractivity contribution >= 4 is 35.2 Å². The average molecular weight is 516 g/mol. The molecule has 1 saturated heterocycles. The van der Waals surface area contributed by atoms with Crippen molar-refractivity contribution < 1.29 is 23.1 Å². The van der Waals surface area contributed by atoms with Crippen molar-refractivity contribution in [3.63, 3.8) is 0 Å². The van der Waals surface area contributed by atoms with Crippen LogP contribution in [-0.2, 0) is 13.5 Å². The van der Waals surface area contributed by atoms with Gasteiger partial charge in [-0.2, -0.15) is 13.2 Å². The fourth-order valence-electron chi connectivity index (χ4n) is 4.69. The second kappa shape index (κ2) is 9.55. The summed E-state index contributed by atoms with van der Waals surface area (Å²) in [6.07, 6.45) is -1.72. The van der Waals surface area contributed by atoms with Crippen molar-refractivity contribution in [3.05, 3.63) is 56.1 Å². The van der Waals surface area contributed by atoms with Crippen LogP contribution in [0, 0.1) is 5.92 Å². The van der Waals surface area contributed by atoms with Gasteiger partial charge in [-0.1, -0.05) is 30.1 Å². The van der Waals surface area contributed by atoms with Gasteiger partial charge in [-0.05, 0) is 49.0 Å². The van der Waals surface area contributed by atoms with Crippen LogP contribution < -0.4 is 0 Å². The minimum absolute atomic E-state index is 0.111. The molecule has 2 heterocycles. The molecule has 0 spiro atoms. The number of hydrogen-bond acceptors (Lipinski definition) is 3. The van der Waals surface area contributed by atoms with E-state index in [1.807, 2.05) is 0 Å². The van der Waals surface area contributed by atoms with Gasteiger partial charge in [-0.15, -0.1) is 0 Å². The summed E-state index contributed by atoms with van der Waals surface area (Å²) in [4.78, 5) is 19.5. The van der Waals surface area contributed by atoms with E-state index in [1.165, 1.54) is 0 Å². The monoisotopic (exact) mass is 515 g/mol. The smallest absolute Gasteiger partial charge is 0.396 e. The van der Waals surface area contributed by atoms with E-state index in [0.717, 1.165) is 18.9 Å². The number of aliphatic hydroxyl groups is 1. The Hall–Kier alpha value is -2.03. The summed E-state index contributed by atoms with van der Waals surface area (Å²) < 4.78 is 41.6. The highest BCUT2D eigenvalue weighted by Gasteiger charge is 2.38. The Balaban J connectivity index is 1.64. The average Bonchev–Trinajstić information content (AvgIpc) is 3.12. The van der Waals surface area contributed by atoms with E-state index >= 15 is 0 Å². The maximum atomic E-state index is 13.3. The number of allylic oxidation sites excluding steroid dienone is 1. The van der Waals surface area contributed by atoms with Crippen molar-refractivity contribution in [3.8, 4) is 0 Å². The van der Waals surface area contributed by atoms with E-state index in [2.05, 4.69) is 4.98 Å². The highest BCUT2D eigenvalue weighted by molar-refractivity contribution is 6.38. The fraction of sp³-hybridized carbons (Fsp3) is 0.500. The van der Waals surface area contributed by atoms with Crippen molar-refractivity contribution in [2.75, 3.05) is 19.7 Å². The standard InChI is InChI=1S/C24H26Cl2F3N3O2/c1-13-9-15(24(27,28)29)10-19-22(13)30-20(31(19)2)11-17-18(25)4-3-16(21(17)26)23(34)32-7-5-14(12-33)6-8-32/h3-4,10,13-14,33H,5-9,11-12H2,1-2H3. The third-order valence-electron chi connectivity index (χ3n) is 6.84. The number of hydrogen-bond donors (Lipinski definition) is 1. The molecule has 1 unspecified atom stereocenters. The molecule has 0 bridgehead atoms. The van der Waals surface area contributed by atoms with Gasteiger partial charge in [-0.3, -0.25) is 4.79 Å². The Morgan fingerprint density at radius 1 is 1.24 bits per heavy atom. The number of benzene rings is 1. The highest BCUT2D eigenvalue weighted by atomic mass is 35.5. The molecule has 1 aliphatic heterocycles. The molecule has 1 aromatic heterocycles. The third-order valence-corrected chi connectivity index (χ3v) is 7.63. The number of carbonyl (C=O) groups is 1. The maximum absolute atomic E-state index is 13.3. The first-order valence-electron chi connectivity index (χ1n) is 11.2. The molecule has 0 radical (unpaired) electrons. The number of alkyl halides is 3. The van der Waals surface area contributed by atoms with Crippen LogP contribution in [0.4, 0.5) is 13.2 Å². The van der Waals surface area contributed by atoms with Crippen LogP contribution in [0.3, 0.4) is 0 Å². The van der Waals surface area contributed by atoms with Gasteiger partial charge in [0.25, 0.3) is 5.91 Å². The maximum Gasteiger partial charge on any atom is 0.412 e. The largest absolute Gasteiger partial charge is 0.412 e. The Kier molecular flexibility index (Phi) is 7.04. The zero-order valence-corrected chi connectivity index (χ0v) is 20.4.